The van der Waals surface area contributed by atoms with Gasteiger partial charge in [-0.3, -0.25) is 18.7 Å². The molecule has 5 aromatic rings. The van der Waals surface area contributed by atoms with Crippen LogP contribution in [0.1, 0.15) is 107 Å². The Bertz CT molecular complexity index is 3570. The van der Waals surface area contributed by atoms with Crippen LogP contribution in [0.3, 0.4) is 0 Å². The van der Waals surface area contributed by atoms with Crippen LogP contribution in [0, 0.1) is 11.8 Å². The van der Waals surface area contributed by atoms with E-state index in [0.29, 0.717) is 41.5 Å². The largest absolute Gasteiger partial charge is 0.756 e. The number of aryl methyl sites for hydroxylation is 2. The first-order chi connectivity index (χ1) is 36.4. The number of aromatic nitrogens is 3. The van der Waals surface area contributed by atoms with E-state index in [-0.39, 0.29) is 37.0 Å². The Kier molecular flexibility index (Phi) is 14.4. The SMILES string of the molecule is CN(CCCC(=O)NCC#Cc1cn([C@H]2CC[C@@H](COP(=O)(O)OP(=O)(O)OP(=O)([O-])O)O2)c2ncnc(N)c12)C(=O)c1ccccc1C1=c2cc3c4c(c2Oc2c1cc1c5c2CCCN5CCC1)CCC[N+]=4CCC3. The van der Waals surface area contributed by atoms with E-state index in [2.05, 4.69) is 63.4 Å². The average molecular weight is 1100 g/mol. The molecule has 76 heavy (non-hydrogen) atoms. The van der Waals surface area contributed by atoms with Crippen molar-refractivity contribution in [3.05, 3.63) is 104 Å². The summed E-state index contributed by atoms with van der Waals surface area (Å²) in [5.41, 5.74) is 17.2. The van der Waals surface area contributed by atoms with Gasteiger partial charge in [-0.05, 0) is 87.1 Å². The summed E-state index contributed by atoms with van der Waals surface area (Å²) in [6, 6.07) is 12.6. The van der Waals surface area contributed by atoms with Crippen molar-refractivity contribution in [2.24, 2.45) is 0 Å². The number of hydrogen-bond acceptors (Lipinski definition) is 15. The molecule has 0 radical (unpaired) electrons. The number of anilines is 2. The molecule has 2 aromatic heterocycles. The summed E-state index contributed by atoms with van der Waals surface area (Å²) in [5.74, 6) is 7.60. The van der Waals surface area contributed by atoms with E-state index in [1.165, 1.54) is 39.6 Å². The van der Waals surface area contributed by atoms with Crippen molar-refractivity contribution in [1.82, 2.24) is 29.3 Å². The predicted molar refractivity (Wildman–Crippen MR) is 275 cm³/mol. The van der Waals surface area contributed by atoms with Crippen molar-refractivity contribution < 1.29 is 65.5 Å². The lowest BCUT2D eigenvalue weighted by Crippen LogP contribution is -2.45. The Morgan fingerprint density at radius 2 is 1.71 bits per heavy atom. The maximum Gasteiger partial charge on any atom is 0.487 e. The first kappa shape index (κ1) is 52.3. The fraction of sp³-hybridized carbons (Fsp3) is 0.431. The Morgan fingerprint density at radius 1 is 0.947 bits per heavy atom. The number of nitrogens with two attached hydrogens (primary N) is 1. The fourth-order valence-corrected chi connectivity index (χ4v) is 14.8. The number of phosphoric ester groups is 1. The number of carbonyl (C=O) groups excluding carboxylic acids is 2. The number of nitrogens with one attached hydrogen (secondary N) is 1. The molecule has 3 aromatic carbocycles. The van der Waals surface area contributed by atoms with Crippen molar-refractivity contribution in [1.29, 1.82) is 0 Å². The molecule has 22 nitrogen and oxygen atoms in total. The highest BCUT2D eigenvalue weighted by Crippen LogP contribution is 2.65. The smallest absolute Gasteiger partial charge is 0.487 e. The van der Waals surface area contributed by atoms with Crippen molar-refractivity contribution in [3.8, 4) is 23.3 Å². The average Bonchev–Trinajstić information content (AvgIpc) is 4.09. The van der Waals surface area contributed by atoms with E-state index in [4.69, 9.17) is 24.6 Å². The van der Waals surface area contributed by atoms with Gasteiger partial charge in [0.1, 0.15) is 48.6 Å². The molecule has 8 heterocycles. The van der Waals surface area contributed by atoms with Crippen molar-refractivity contribution in [2.75, 3.05) is 63.6 Å². The van der Waals surface area contributed by atoms with E-state index in [1.807, 2.05) is 18.2 Å². The zero-order valence-corrected chi connectivity index (χ0v) is 44.3. The molecule has 3 unspecified atom stereocenters. The Labute approximate surface area is 437 Å². The molecule has 6 aliphatic heterocycles. The van der Waals surface area contributed by atoms with Gasteiger partial charge >= 0.3 is 15.6 Å². The van der Waals surface area contributed by atoms with Gasteiger partial charge in [-0.15, -0.1) is 0 Å². The van der Waals surface area contributed by atoms with Gasteiger partial charge < -0.3 is 54.5 Å². The summed E-state index contributed by atoms with van der Waals surface area (Å²) >= 11 is 0. The summed E-state index contributed by atoms with van der Waals surface area (Å²) in [6.45, 7) is 3.91. The highest BCUT2D eigenvalue weighted by molar-refractivity contribution is 7.66. The number of fused-ring (bicyclic) bond motifs is 5. The summed E-state index contributed by atoms with van der Waals surface area (Å²) in [4.78, 5) is 79.3. The molecular formula is C51H57N8O14P3. The van der Waals surface area contributed by atoms with E-state index in [9.17, 15) is 38.0 Å². The number of rotatable bonds is 15. The minimum atomic E-state index is -5.80. The number of amides is 2. The van der Waals surface area contributed by atoms with Gasteiger partial charge in [0.2, 0.25) is 11.3 Å². The van der Waals surface area contributed by atoms with E-state index in [1.54, 1.807) is 22.7 Å². The predicted octanol–water partition coefficient (Wildman–Crippen LogP) is 3.86. The number of hydrogen-bond donors (Lipinski definition) is 5. The molecule has 0 spiro atoms. The highest BCUT2D eigenvalue weighted by Gasteiger charge is 2.40. The Hall–Kier alpha value is -5.78. The lowest BCUT2D eigenvalue weighted by Gasteiger charge is -2.39. The van der Waals surface area contributed by atoms with Crippen molar-refractivity contribution >= 4 is 63.4 Å². The highest BCUT2D eigenvalue weighted by atomic mass is 31.3. The van der Waals surface area contributed by atoms with Crippen LogP contribution in [0.15, 0.2) is 48.9 Å². The molecular weight excluding hydrogens is 1040 g/mol. The van der Waals surface area contributed by atoms with Crippen LogP contribution in [0.5, 0.6) is 11.5 Å². The van der Waals surface area contributed by atoms with Gasteiger partial charge in [-0.2, -0.15) is 4.31 Å². The van der Waals surface area contributed by atoms with Crippen LogP contribution in [-0.2, 0) is 62.1 Å². The van der Waals surface area contributed by atoms with Crippen LogP contribution < -0.4 is 40.7 Å². The number of ether oxygens (including phenoxy) is 2. The number of carbonyl (C=O) groups is 2. The third-order valence-electron chi connectivity index (χ3n) is 14.8. The third-order valence-corrected chi connectivity index (χ3v) is 18.6. The quantitative estimate of drug-likeness (QED) is 0.0554. The van der Waals surface area contributed by atoms with Crippen LogP contribution in [0.4, 0.5) is 11.5 Å². The van der Waals surface area contributed by atoms with Crippen LogP contribution >= 0.6 is 23.5 Å². The van der Waals surface area contributed by atoms with Crippen molar-refractivity contribution in [2.45, 2.75) is 89.4 Å². The molecule has 1 saturated heterocycles. The standard InChI is InChI=1S/C51H57N8O14P3/c1-56(21-9-17-41(60)53-20-4-10-33-28-59(50-43(33)49(52)54-30-55-50)42-19-18-34(70-42)29-69-75(65,66)73-76(67,68)72-74(62,63)64)51(61)36-14-3-2-13-35(36)44-39-26-31-11-5-22-57-24-7-15-37(45(31)57)47(39)71-48-38-16-8-25-58-23-6-12-32(46(38)58)27-40(44)48/h2-3,13-14,26-28,30,34,42H,5-9,11-12,15-25,29H2,1H3,(H6-,52,53,54,55,60,62,63,64,65,66,67,68)/t34-,42+/m0/s1. The van der Waals surface area contributed by atoms with E-state index in [0.717, 1.165) is 111 Å². The molecule has 1 fully saturated rings. The summed E-state index contributed by atoms with van der Waals surface area (Å²) in [6.07, 6.45) is 10.8. The molecule has 6 aliphatic rings. The minimum Gasteiger partial charge on any atom is -0.756 e. The zero-order chi connectivity index (χ0) is 53.1. The van der Waals surface area contributed by atoms with Gasteiger partial charge in [0.15, 0.2) is 0 Å². The second-order valence-electron chi connectivity index (χ2n) is 19.9. The zero-order valence-electron chi connectivity index (χ0n) is 41.6. The first-order valence-corrected chi connectivity index (χ1v) is 30.0. The van der Waals surface area contributed by atoms with E-state index < -0.39 is 42.4 Å². The Balaban J connectivity index is 0.759. The summed E-state index contributed by atoms with van der Waals surface area (Å²) in [5, 5.41) is 5.66. The second-order valence-corrected chi connectivity index (χ2v) is 24.2. The number of benzene rings is 3. The topological polar surface area (TPSA) is 293 Å². The van der Waals surface area contributed by atoms with Crippen LogP contribution in [0.25, 0.3) is 16.6 Å². The fourth-order valence-electron chi connectivity index (χ4n) is 11.8. The lowest BCUT2D eigenvalue weighted by atomic mass is 9.81. The maximum absolute atomic E-state index is 14.7. The molecule has 2 amide bonds. The number of nitrogen functional groups attached to an aromatic ring is 1. The molecule has 25 heteroatoms. The monoisotopic (exact) mass is 1100 g/mol. The number of phosphoric acid groups is 3. The first-order valence-electron chi connectivity index (χ1n) is 25.5. The molecule has 6 N–H and O–H groups in total. The van der Waals surface area contributed by atoms with Gasteiger partial charge in [0, 0.05) is 90.9 Å². The minimum absolute atomic E-state index is 0.00244. The molecule has 0 saturated carbocycles. The molecule has 0 bridgehead atoms. The van der Waals surface area contributed by atoms with Crippen LogP contribution in [0.2, 0.25) is 0 Å². The normalized spacial score (nSPS) is 20.6. The maximum atomic E-state index is 14.7. The van der Waals surface area contributed by atoms with Crippen molar-refractivity contribution in [3.63, 3.8) is 0 Å². The van der Waals surface area contributed by atoms with Crippen LogP contribution in [-0.4, -0.2) is 105 Å². The van der Waals surface area contributed by atoms with Gasteiger partial charge in [0.05, 0.1) is 35.8 Å². The van der Waals surface area contributed by atoms with E-state index >= 15 is 0 Å². The molecule has 11 rings (SSSR count). The number of nitrogens with zero attached hydrogens (tertiary/aromatic N) is 6. The molecule has 400 valence electrons. The summed E-state index contributed by atoms with van der Waals surface area (Å²) < 4.78 is 64.4. The molecule has 5 atom stereocenters. The Morgan fingerprint density at radius 3 is 2.53 bits per heavy atom. The van der Waals surface area contributed by atoms with Gasteiger partial charge in [-0.25, -0.2) is 28.0 Å². The van der Waals surface area contributed by atoms with Gasteiger partial charge in [-0.1, -0.05) is 30.0 Å². The summed E-state index contributed by atoms with van der Waals surface area (Å²) in [7, 11) is -15.1. The second kappa shape index (κ2) is 20.9. The third kappa shape index (κ3) is 10.5. The lowest BCUT2D eigenvalue weighted by molar-refractivity contribution is -0.212. The molecule has 0 aliphatic carbocycles. The van der Waals surface area contributed by atoms with Gasteiger partial charge in [0.25, 0.3) is 13.7 Å².